The van der Waals surface area contributed by atoms with Crippen LogP contribution < -0.4 is 0 Å². The van der Waals surface area contributed by atoms with Crippen molar-refractivity contribution in [2.45, 2.75) is 5.41 Å². The van der Waals surface area contributed by atoms with Crippen LogP contribution >= 0.6 is 0 Å². The van der Waals surface area contributed by atoms with Crippen LogP contribution in [-0.4, -0.2) is 15.0 Å². The predicted molar refractivity (Wildman–Crippen MR) is 228 cm³/mol. The van der Waals surface area contributed by atoms with E-state index in [4.69, 9.17) is 23.8 Å². The summed E-state index contributed by atoms with van der Waals surface area (Å²) in [6.45, 7) is 0. The van der Waals surface area contributed by atoms with Crippen LogP contribution in [0.15, 0.2) is 197 Å². The maximum atomic E-state index is 6.49. The highest BCUT2D eigenvalue weighted by atomic mass is 16.3. The SMILES string of the molecule is c1ccc(-c2nc(-c3ccc(C4(c5ccc6c(c5)oc5ccccc56)c5ccccc5-c5ccccc54)cc3)nc(-c3ccc4c(c3)oc3ccccc34)n2)cc1. The second-order valence-corrected chi connectivity index (χ2v) is 14.7. The predicted octanol–water partition coefficient (Wildman–Crippen LogP) is 13.0. The molecule has 0 bridgehead atoms. The molecular formula is C52H31N3O2. The van der Waals surface area contributed by atoms with Gasteiger partial charge in [0, 0.05) is 38.2 Å². The maximum absolute atomic E-state index is 6.49. The van der Waals surface area contributed by atoms with Gasteiger partial charge < -0.3 is 8.83 Å². The zero-order valence-corrected chi connectivity index (χ0v) is 30.6. The molecule has 8 aromatic carbocycles. The third-order valence-corrected chi connectivity index (χ3v) is 11.6. The monoisotopic (exact) mass is 729 g/mol. The molecule has 0 aliphatic heterocycles. The topological polar surface area (TPSA) is 65.0 Å². The van der Waals surface area contributed by atoms with Gasteiger partial charge in [-0.15, -0.1) is 0 Å². The summed E-state index contributed by atoms with van der Waals surface area (Å²) in [5.41, 5.74) is 12.7. The molecule has 5 nitrogen and oxygen atoms in total. The van der Waals surface area contributed by atoms with Crippen LogP contribution in [0.25, 0.3) is 89.2 Å². The van der Waals surface area contributed by atoms with Gasteiger partial charge in [-0.2, -0.15) is 0 Å². The lowest BCUT2D eigenvalue weighted by Gasteiger charge is -2.34. The molecule has 5 heteroatoms. The van der Waals surface area contributed by atoms with Crippen molar-refractivity contribution in [3.05, 3.63) is 210 Å². The van der Waals surface area contributed by atoms with Gasteiger partial charge in [0.05, 0.1) is 5.41 Å². The Balaban J connectivity index is 1.04. The van der Waals surface area contributed by atoms with E-state index in [0.29, 0.717) is 17.5 Å². The van der Waals surface area contributed by atoms with Gasteiger partial charge in [0.25, 0.3) is 0 Å². The molecule has 3 aromatic heterocycles. The Hall–Kier alpha value is -7.63. The van der Waals surface area contributed by atoms with Crippen LogP contribution in [0.2, 0.25) is 0 Å². The average molecular weight is 730 g/mol. The molecule has 11 aromatic rings. The van der Waals surface area contributed by atoms with Crippen LogP contribution in [0.4, 0.5) is 0 Å². The van der Waals surface area contributed by atoms with E-state index in [1.165, 1.54) is 22.3 Å². The van der Waals surface area contributed by atoms with Crippen LogP contribution in [0.5, 0.6) is 0 Å². The van der Waals surface area contributed by atoms with Crippen LogP contribution in [-0.2, 0) is 5.41 Å². The molecule has 12 rings (SSSR count). The number of aromatic nitrogens is 3. The normalized spacial score (nSPS) is 13.1. The minimum atomic E-state index is -0.597. The van der Waals surface area contributed by atoms with Crippen molar-refractivity contribution in [1.82, 2.24) is 15.0 Å². The molecule has 1 aliphatic carbocycles. The molecule has 266 valence electrons. The molecule has 1 aliphatic rings. The van der Waals surface area contributed by atoms with E-state index >= 15 is 0 Å². The zero-order chi connectivity index (χ0) is 37.5. The summed E-state index contributed by atoms with van der Waals surface area (Å²) in [5.74, 6) is 1.79. The number of benzene rings is 8. The van der Waals surface area contributed by atoms with Crippen molar-refractivity contribution in [2.75, 3.05) is 0 Å². The summed E-state index contributed by atoms with van der Waals surface area (Å²) in [6.07, 6.45) is 0. The molecule has 0 saturated carbocycles. The zero-order valence-electron chi connectivity index (χ0n) is 30.6. The second-order valence-electron chi connectivity index (χ2n) is 14.7. The Kier molecular flexibility index (Phi) is 6.78. The Morgan fingerprint density at radius 2 is 0.754 bits per heavy atom. The first kappa shape index (κ1) is 31.7. The Morgan fingerprint density at radius 3 is 1.39 bits per heavy atom. The molecule has 0 saturated heterocycles. The van der Waals surface area contributed by atoms with Crippen LogP contribution in [0.1, 0.15) is 22.3 Å². The van der Waals surface area contributed by atoms with Crippen molar-refractivity contribution in [3.63, 3.8) is 0 Å². The average Bonchev–Trinajstić information content (AvgIpc) is 3.94. The van der Waals surface area contributed by atoms with E-state index in [0.717, 1.165) is 71.7 Å². The second kappa shape index (κ2) is 12.2. The number of hydrogen-bond donors (Lipinski definition) is 0. The number of hydrogen-bond acceptors (Lipinski definition) is 5. The molecule has 0 fully saturated rings. The van der Waals surface area contributed by atoms with Crippen molar-refractivity contribution in [2.24, 2.45) is 0 Å². The standard InChI is InChI=1S/C52H31N3O2/c1-2-12-32(13-3-1)49-53-50(55-51(54-49)34-24-28-41-39-16-6-10-20-45(39)56-47(41)30-34)33-22-25-35(26-23-33)52(43-18-8-4-14-37(43)38-15-5-9-19-44(38)52)36-27-29-42-40-17-7-11-21-46(40)57-48(42)31-36/h1-31H. The van der Waals surface area contributed by atoms with Gasteiger partial charge in [0.2, 0.25) is 0 Å². The van der Waals surface area contributed by atoms with E-state index in [-0.39, 0.29) is 0 Å². The molecular weight excluding hydrogens is 699 g/mol. The molecule has 3 heterocycles. The molecule has 0 atom stereocenters. The van der Waals surface area contributed by atoms with Crippen molar-refractivity contribution < 1.29 is 8.83 Å². The third kappa shape index (κ3) is 4.72. The summed E-state index contributed by atoms with van der Waals surface area (Å²) in [7, 11) is 0. The van der Waals surface area contributed by atoms with Gasteiger partial charge >= 0.3 is 0 Å². The summed E-state index contributed by atoms with van der Waals surface area (Å²) >= 11 is 0. The fourth-order valence-corrected chi connectivity index (χ4v) is 9.07. The van der Waals surface area contributed by atoms with Gasteiger partial charge in [0.1, 0.15) is 22.3 Å². The lowest BCUT2D eigenvalue weighted by atomic mass is 9.67. The highest BCUT2D eigenvalue weighted by Crippen LogP contribution is 2.56. The van der Waals surface area contributed by atoms with Crippen molar-refractivity contribution in [3.8, 4) is 45.3 Å². The Morgan fingerprint density at radius 1 is 0.316 bits per heavy atom. The van der Waals surface area contributed by atoms with E-state index in [2.05, 4.69) is 121 Å². The molecule has 0 amide bonds. The molecule has 0 unspecified atom stereocenters. The first-order valence-corrected chi connectivity index (χ1v) is 19.2. The Bertz CT molecular complexity index is 3320. The summed E-state index contributed by atoms with van der Waals surface area (Å²) < 4.78 is 12.8. The summed E-state index contributed by atoms with van der Waals surface area (Å²) in [4.78, 5) is 15.2. The quantitative estimate of drug-likeness (QED) is 0.176. The van der Waals surface area contributed by atoms with E-state index in [1.807, 2.05) is 66.7 Å². The van der Waals surface area contributed by atoms with E-state index in [9.17, 15) is 0 Å². The molecule has 0 spiro atoms. The largest absolute Gasteiger partial charge is 0.456 e. The Labute approximate surface area is 327 Å². The third-order valence-electron chi connectivity index (χ3n) is 11.6. The van der Waals surface area contributed by atoms with E-state index < -0.39 is 5.41 Å². The van der Waals surface area contributed by atoms with Crippen LogP contribution in [0.3, 0.4) is 0 Å². The fraction of sp³-hybridized carbons (Fsp3) is 0.0192. The molecule has 57 heavy (non-hydrogen) atoms. The van der Waals surface area contributed by atoms with Gasteiger partial charge in [-0.1, -0.05) is 158 Å². The number of furan rings is 2. The van der Waals surface area contributed by atoms with Crippen molar-refractivity contribution >= 4 is 43.9 Å². The van der Waals surface area contributed by atoms with Crippen molar-refractivity contribution in [1.29, 1.82) is 0 Å². The lowest BCUT2D eigenvalue weighted by Crippen LogP contribution is -2.28. The first-order chi connectivity index (χ1) is 28.2. The number of para-hydroxylation sites is 2. The molecule has 0 radical (unpaired) electrons. The number of fused-ring (bicyclic) bond motifs is 9. The maximum Gasteiger partial charge on any atom is 0.164 e. The minimum absolute atomic E-state index is 0.583. The van der Waals surface area contributed by atoms with Crippen LogP contribution in [0, 0.1) is 0 Å². The molecule has 0 N–H and O–H groups in total. The number of nitrogens with zero attached hydrogens (tertiary/aromatic N) is 3. The van der Waals surface area contributed by atoms with Gasteiger partial charge in [-0.25, -0.2) is 15.0 Å². The number of rotatable bonds is 5. The summed E-state index contributed by atoms with van der Waals surface area (Å²) in [5, 5.41) is 4.38. The minimum Gasteiger partial charge on any atom is -0.456 e. The van der Waals surface area contributed by atoms with Gasteiger partial charge in [0.15, 0.2) is 17.5 Å². The van der Waals surface area contributed by atoms with Gasteiger partial charge in [-0.3, -0.25) is 0 Å². The van der Waals surface area contributed by atoms with Gasteiger partial charge in [-0.05, 0) is 63.7 Å². The lowest BCUT2D eigenvalue weighted by molar-refractivity contribution is 0.665. The highest BCUT2D eigenvalue weighted by Gasteiger charge is 2.46. The highest BCUT2D eigenvalue weighted by molar-refractivity contribution is 6.06. The smallest absolute Gasteiger partial charge is 0.164 e. The summed E-state index contributed by atoms with van der Waals surface area (Å²) in [6, 6.07) is 65.7. The fourth-order valence-electron chi connectivity index (χ4n) is 9.07. The first-order valence-electron chi connectivity index (χ1n) is 19.2. The van der Waals surface area contributed by atoms with E-state index in [1.54, 1.807) is 0 Å².